The Bertz CT molecular complexity index is 2940. The van der Waals surface area contributed by atoms with Crippen molar-refractivity contribution in [3.05, 3.63) is 95.6 Å². The van der Waals surface area contributed by atoms with Crippen molar-refractivity contribution in [3.8, 4) is 17.2 Å². The van der Waals surface area contributed by atoms with Gasteiger partial charge in [-0.2, -0.15) is 0 Å². The minimum Gasteiger partial charge on any atom is -0.507 e. The van der Waals surface area contributed by atoms with Gasteiger partial charge >= 0.3 is 0 Å². The van der Waals surface area contributed by atoms with Crippen molar-refractivity contribution in [3.63, 3.8) is 0 Å². The molecule has 0 fully saturated rings. The molecule has 0 aliphatic carbocycles. The van der Waals surface area contributed by atoms with Crippen molar-refractivity contribution >= 4 is 101 Å². The molecule has 2 aromatic heterocycles. The summed E-state index contributed by atoms with van der Waals surface area (Å²) in [4.78, 5) is 31.3. The first-order valence-corrected chi connectivity index (χ1v) is 27.1. The van der Waals surface area contributed by atoms with Gasteiger partial charge in [-0.05, 0) is 88.4 Å². The van der Waals surface area contributed by atoms with E-state index in [1.165, 1.54) is 6.26 Å². The number of anilines is 2. The number of carbonyl (C=O) groups excluding carboxylic acids is 2. The number of hydrogen-bond acceptors (Lipinski definition) is 11. The zero-order valence-electron chi connectivity index (χ0n) is 40.2. The maximum Gasteiger partial charge on any atom is 0.282 e. The van der Waals surface area contributed by atoms with Gasteiger partial charge < -0.3 is 35.4 Å². The Hall–Kier alpha value is -6.11. The predicted octanol–water partition coefficient (Wildman–Crippen LogP) is 6.42. The van der Waals surface area contributed by atoms with Crippen LogP contribution in [-0.4, -0.2) is 104 Å². The van der Waals surface area contributed by atoms with Crippen LogP contribution < -0.4 is 34.3 Å². The second-order valence-electron chi connectivity index (χ2n) is 16.1. The average molecular weight is 985 g/mol. The second-order valence-corrected chi connectivity index (χ2v) is 20.8. The summed E-state index contributed by atoms with van der Waals surface area (Å²) in [7, 11) is 5.10. The fourth-order valence-corrected chi connectivity index (χ4v) is 10.6. The molecule has 18 heteroatoms. The maximum absolute atomic E-state index is 13.4. The van der Waals surface area contributed by atoms with Gasteiger partial charge in [0.15, 0.2) is 45.0 Å². The normalized spacial score (nSPS) is 11.9. The molecule has 2 heterocycles. The highest BCUT2D eigenvalue weighted by Crippen LogP contribution is 2.29. The summed E-state index contributed by atoms with van der Waals surface area (Å²) in [6.45, 7) is 12.5. The lowest BCUT2D eigenvalue weighted by atomic mass is 10.1. The van der Waals surface area contributed by atoms with E-state index < -0.39 is 9.84 Å². The summed E-state index contributed by atoms with van der Waals surface area (Å²) in [5.41, 5.74) is 6.22. The topological polar surface area (TPSA) is 166 Å². The summed E-state index contributed by atoms with van der Waals surface area (Å²) in [6.07, 6.45) is 8.53. The van der Waals surface area contributed by atoms with E-state index in [1.54, 1.807) is 65.1 Å². The number of sulfone groups is 1. The number of aryl methyl sites for hydroxylation is 2. The molecule has 0 spiro atoms. The van der Waals surface area contributed by atoms with Gasteiger partial charge in [0.2, 0.25) is 0 Å². The number of ether oxygens (including phenoxy) is 1. The lowest BCUT2D eigenvalue weighted by molar-refractivity contribution is -0.661. The molecule has 4 aromatic carbocycles. The van der Waals surface area contributed by atoms with Crippen LogP contribution in [0.25, 0.3) is 46.4 Å². The van der Waals surface area contributed by atoms with Crippen molar-refractivity contribution in [2.24, 2.45) is 14.1 Å². The molecule has 15 nitrogen and oxygen atoms in total. The van der Waals surface area contributed by atoms with Crippen molar-refractivity contribution in [1.29, 1.82) is 0 Å². The monoisotopic (exact) mass is 984 g/mol. The van der Waals surface area contributed by atoms with Crippen molar-refractivity contribution in [2.75, 3.05) is 73.9 Å². The lowest BCUT2D eigenvalue weighted by Crippen LogP contribution is -2.45. The predicted molar refractivity (Wildman–Crippen MR) is 278 cm³/mol. The van der Waals surface area contributed by atoms with Crippen LogP contribution in [0.2, 0.25) is 0 Å². The first-order valence-electron chi connectivity index (χ1n) is 22.7. The summed E-state index contributed by atoms with van der Waals surface area (Å²) in [5, 5.41) is 27.9. The second kappa shape index (κ2) is 23.3. The van der Waals surface area contributed by atoms with Crippen LogP contribution in [0, 0.1) is 0 Å². The molecule has 0 aliphatic rings. The van der Waals surface area contributed by atoms with E-state index in [2.05, 4.69) is 48.1 Å². The summed E-state index contributed by atoms with van der Waals surface area (Å²) < 4.78 is 38.0. The standard InChI is InChI=1S/C50H62N8O7S3/c1-9-55(10-2)37-17-13-35(45(59)29-37)15-23-49-53(5)43-31-39(65-7)19-21-41(43)57(49)33-47(61)51-25-27-66-67-28-26-52-48(62)34-58-42-22-20-40(68(8,63)64)32-44(42)54(6)50(58)24-16-36-14-18-38(30-46(36)60)56(11-3)12-4/h13-24,29-32H,9-12,25-28,33-34H2,1-8H3,(H2,51,52,61,62)/p+2. The van der Waals surface area contributed by atoms with Crippen LogP contribution in [0.3, 0.4) is 0 Å². The number of phenols is 2. The number of aromatic nitrogens is 4. The highest BCUT2D eigenvalue weighted by Gasteiger charge is 2.26. The Balaban J connectivity index is 1.04. The third kappa shape index (κ3) is 12.1. The highest BCUT2D eigenvalue weighted by molar-refractivity contribution is 8.76. The number of imidazole rings is 2. The molecule has 0 atom stereocenters. The number of methoxy groups -OCH3 is 1. The number of rotatable bonds is 23. The van der Waals surface area contributed by atoms with Crippen LogP contribution >= 0.6 is 21.6 Å². The van der Waals surface area contributed by atoms with Gasteiger partial charge in [0.05, 0.1) is 26.1 Å². The van der Waals surface area contributed by atoms with Gasteiger partial charge in [0.1, 0.15) is 17.2 Å². The molecule has 0 unspecified atom stereocenters. The number of nitrogens with one attached hydrogen (secondary N) is 2. The van der Waals surface area contributed by atoms with Crippen LogP contribution in [0.1, 0.15) is 50.5 Å². The summed E-state index contributed by atoms with van der Waals surface area (Å²) >= 11 is 0. The van der Waals surface area contributed by atoms with Crippen LogP contribution in [0.15, 0.2) is 77.7 Å². The molecule has 6 rings (SSSR count). The third-order valence-corrected chi connectivity index (χ3v) is 15.4. The van der Waals surface area contributed by atoms with Gasteiger partial charge in [-0.25, -0.2) is 26.7 Å². The zero-order chi connectivity index (χ0) is 49.1. The highest BCUT2D eigenvalue weighted by atomic mass is 33.1. The fourth-order valence-electron chi connectivity index (χ4n) is 8.18. The number of fused-ring (bicyclic) bond motifs is 2. The number of amides is 2. The van der Waals surface area contributed by atoms with Gasteiger partial charge in [0.25, 0.3) is 23.5 Å². The SMILES string of the molecule is CCN(CC)c1ccc(/C=C/c2n(C)c3cc(OC)ccc3[n+]2CC(=O)NCCSSCCNC(=O)C[n+]2c(/C=C/c3ccc(N(CC)CC)cc3O)n(C)c3cc(S(C)(=O)=O)ccc32)c(O)c1. The van der Waals surface area contributed by atoms with Crippen LogP contribution in [0.4, 0.5) is 11.4 Å². The molecule has 0 radical (unpaired) electrons. The van der Waals surface area contributed by atoms with Crippen LogP contribution in [0.5, 0.6) is 17.2 Å². The molecule has 68 heavy (non-hydrogen) atoms. The Morgan fingerprint density at radius 2 is 1.10 bits per heavy atom. The van der Waals surface area contributed by atoms with E-state index in [0.717, 1.165) is 54.4 Å². The molecule has 4 N–H and O–H groups in total. The number of nitrogens with zero attached hydrogens (tertiary/aromatic N) is 6. The molecule has 0 saturated heterocycles. The molecule has 6 aromatic rings. The number of hydrogen-bond donors (Lipinski definition) is 4. The lowest BCUT2D eigenvalue weighted by Gasteiger charge is -2.21. The molecule has 0 bridgehead atoms. The summed E-state index contributed by atoms with van der Waals surface area (Å²) in [6, 6.07) is 21.8. The number of phenolic OH excluding ortho intramolecular Hbond substituents is 2. The number of aromatic hydroxyl groups is 2. The van der Waals surface area contributed by atoms with E-state index in [-0.39, 0.29) is 41.3 Å². The maximum atomic E-state index is 13.4. The fraction of sp³-hybridized carbons (Fsp3) is 0.360. The van der Waals surface area contributed by atoms with Gasteiger partial charge in [0, 0.05) is 116 Å². The van der Waals surface area contributed by atoms with E-state index in [4.69, 9.17) is 4.74 Å². The molecule has 0 aliphatic heterocycles. The van der Waals surface area contributed by atoms with Crippen LogP contribution in [-0.2, 0) is 46.6 Å². The van der Waals surface area contributed by atoms with E-state index >= 15 is 0 Å². The third-order valence-electron chi connectivity index (χ3n) is 11.9. The first-order chi connectivity index (χ1) is 32.6. The van der Waals surface area contributed by atoms with E-state index in [0.29, 0.717) is 58.3 Å². The summed E-state index contributed by atoms with van der Waals surface area (Å²) in [5.74, 6) is 3.35. The minimum atomic E-state index is -3.48. The minimum absolute atomic E-state index is 0.0156. The Morgan fingerprint density at radius 1 is 0.662 bits per heavy atom. The van der Waals surface area contributed by atoms with Crippen molar-refractivity contribution in [2.45, 2.75) is 45.7 Å². The van der Waals surface area contributed by atoms with Gasteiger partial charge in [-0.15, -0.1) is 0 Å². The molecular formula is C50H64N8O7S3+2. The number of benzene rings is 4. The Labute approximate surface area is 407 Å². The number of carbonyl (C=O) groups is 2. The van der Waals surface area contributed by atoms with E-state index in [1.807, 2.05) is 93.1 Å². The smallest absolute Gasteiger partial charge is 0.282 e. The first kappa shape index (κ1) is 51.3. The zero-order valence-corrected chi connectivity index (χ0v) is 42.6. The van der Waals surface area contributed by atoms with Crippen molar-refractivity contribution in [1.82, 2.24) is 19.8 Å². The van der Waals surface area contributed by atoms with Gasteiger partial charge in [-0.3, -0.25) is 9.59 Å². The molecule has 0 saturated carbocycles. The largest absolute Gasteiger partial charge is 0.507 e. The molecule has 362 valence electrons. The van der Waals surface area contributed by atoms with Crippen molar-refractivity contribution < 1.29 is 42.1 Å². The molecular weight excluding hydrogens is 921 g/mol. The molecule has 2 amide bonds. The average Bonchev–Trinajstić information content (AvgIpc) is 3.73. The Morgan fingerprint density at radius 3 is 1.51 bits per heavy atom. The quantitative estimate of drug-likeness (QED) is 0.0318. The van der Waals surface area contributed by atoms with Gasteiger partial charge in [-0.1, -0.05) is 21.6 Å². The Kier molecular flexibility index (Phi) is 17.5. The van der Waals surface area contributed by atoms with E-state index in [9.17, 15) is 28.2 Å².